The van der Waals surface area contributed by atoms with Crippen LogP contribution in [0.2, 0.25) is 0 Å². The molecule has 2 N–H and O–H groups in total. The molecule has 0 bridgehead atoms. The molecule has 2 amide bonds. The first-order valence-electron chi connectivity index (χ1n) is 8.54. The number of carbonyl (C=O) groups is 2. The van der Waals surface area contributed by atoms with Crippen LogP contribution in [0.15, 0.2) is 30.3 Å². The molecule has 1 aromatic carbocycles. The van der Waals surface area contributed by atoms with Crippen LogP contribution in [0.1, 0.15) is 51.4 Å². The van der Waals surface area contributed by atoms with Gasteiger partial charge in [-0.15, -0.1) is 0 Å². The van der Waals surface area contributed by atoms with Crippen LogP contribution in [0, 0.1) is 0 Å². The van der Waals surface area contributed by atoms with E-state index in [2.05, 4.69) is 10.6 Å². The molecule has 0 unspecified atom stereocenters. The van der Waals surface area contributed by atoms with Crippen LogP contribution in [0.4, 0.5) is 4.79 Å². The number of rotatable bonds is 5. The Balaban J connectivity index is 1.61. The average Bonchev–Trinajstić information content (AvgIpc) is 2.51. The van der Waals surface area contributed by atoms with Crippen LogP contribution >= 0.6 is 0 Å². The van der Waals surface area contributed by atoms with E-state index in [1.807, 2.05) is 6.07 Å². The maximum absolute atomic E-state index is 11.9. The van der Waals surface area contributed by atoms with Crippen molar-refractivity contribution in [3.63, 3.8) is 0 Å². The van der Waals surface area contributed by atoms with Crippen molar-refractivity contribution in [3.05, 3.63) is 30.3 Å². The molecule has 5 nitrogen and oxygen atoms in total. The molecule has 0 radical (unpaired) electrons. The van der Waals surface area contributed by atoms with E-state index in [0.29, 0.717) is 11.8 Å². The van der Waals surface area contributed by atoms with Gasteiger partial charge in [-0.1, -0.05) is 50.3 Å². The molecule has 2 rings (SSSR count). The summed E-state index contributed by atoms with van der Waals surface area (Å²) in [4.78, 5) is 23.5. The van der Waals surface area contributed by atoms with Gasteiger partial charge in [-0.05, 0) is 25.0 Å². The van der Waals surface area contributed by atoms with Crippen LogP contribution in [0.3, 0.4) is 0 Å². The molecule has 0 saturated heterocycles. The molecule has 5 heteroatoms. The highest BCUT2D eigenvalue weighted by Crippen LogP contribution is 2.17. The number of benzene rings is 1. The van der Waals surface area contributed by atoms with E-state index < -0.39 is 6.09 Å². The first kappa shape index (κ1) is 17.3. The van der Waals surface area contributed by atoms with Crippen LogP contribution in [0.5, 0.6) is 5.75 Å². The molecule has 1 aromatic rings. The van der Waals surface area contributed by atoms with Gasteiger partial charge in [0.05, 0.1) is 0 Å². The lowest BCUT2D eigenvalue weighted by molar-refractivity contribution is -0.121. The first-order valence-corrected chi connectivity index (χ1v) is 8.54. The van der Waals surface area contributed by atoms with Gasteiger partial charge in [0, 0.05) is 19.0 Å². The monoisotopic (exact) mass is 318 g/mol. The summed E-state index contributed by atoms with van der Waals surface area (Å²) in [5.74, 6) is 0.486. The predicted octanol–water partition coefficient (Wildman–Crippen LogP) is 3.39. The summed E-state index contributed by atoms with van der Waals surface area (Å²) in [5, 5.41) is 5.68. The van der Waals surface area contributed by atoms with Gasteiger partial charge in [-0.3, -0.25) is 4.79 Å². The van der Waals surface area contributed by atoms with Crippen molar-refractivity contribution in [3.8, 4) is 5.75 Å². The van der Waals surface area contributed by atoms with E-state index in [1.165, 1.54) is 32.1 Å². The Bertz CT molecular complexity index is 482. The highest BCUT2D eigenvalue weighted by Gasteiger charge is 2.14. The molecule has 126 valence electrons. The first-order chi connectivity index (χ1) is 11.2. The Kier molecular flexibility index (Phi) is 7.43. The highest BCUT2D eigenvalue weighted by atomic mass is 16.6. The molecule has 0 aliphatic heterocycles. The van der Waals surface area contributed by atoms with E-state index in [0.717, 1.165) is 12.8 Å². The van der Waals surface area contributed by atoms with Gasteiger partial charge in [-0.2, -0.15) is 0 Å². The third-order valence-electron chi connectivity index (χ3n) is 4.05. The van der Waals surface area contributed by atoms with E-state index in [4.69, 9.17) is 4.74 Å². The van der Waals surface area contributed by atoms with E-state index in [9.17, 15) is 9.59 Å². The quantitative estimate of drug-likeness (QED) is 0.874. The van der Waals surface area contributed by atoms with Gasteiger partial charge in [0.25, 0.3) is 0 Å². The molecule has 0 aromatic heterocycles. The summed E-state index contributed by atoms with van der Waals surface area (Å²) < 4.78 is 5.09. The Morgan fingerprint density at radius 3 is 2.35 bits per heavy atom. The summed E-state index contributed by atoms with van der Waals surface area (Å²) in [7, 11) is 0. The third-order valence-corrected chi connectivity index (χ3v) is 4.05. The van der Waals surface area contributed by atoms with Crippen LogP contribution in [-0.2, 0) is 4.79 Å². The number of hydrogen-bond acceptors (Lipinski definition) is 3. The Labute approximate surface area is 137 Å². The van der Waals surface area contributed by atoms with Crippen molar-refractivity contribution >= 4 is 12.0 Å². The van der Waals surface area contributed by atoms with E-state index >= 15 is 0 Å². The Hall–Kier alpha value is -2.04. The number of nitrogens with one attached hydrogen (secondary N) is 2. The van der Waals surface area contributed by atoms with Gasteiger partial charge in [0.2, 0.25) is 5.91 Å². The fraction of sp³-hybridized carbons (Fsp3) is 0.556. The fourth-order valence-corrected chi connectivity index (χ4v) is 2.81. The predicted molar refractivity (Wildman–Crippen MR) is 89.3 cm³/mol. The molecular weight excluding hydrogens is 292 g/mol. The Morgan fingerprint density at radius 2 is 1.65 bits per heavy atom. The van der Waals surface area contributed by atoms with Crippen LogP contribution in [0.25, 0.3) is 0 Å². The second kappa shape index (κ2) is 9.87. The van der Waals surface area contributed by atoms with Crippen molar-refractivity contribution in [2.75, 3.05) is 6.54 Å². The van der Waals surface area contributed by atoms with Crippen LogP contribution in [-0.4, -0.2) is 24.6 Å². The van der Waals surface area contributed by atoms with E-state index in [-0.39, 0.29) is 18.9 Å². The summed E-state index contributed by atoms with van der Waals surface area (Å²) in [5.41, 5.74) is 0. The SMILES string of the molecule is O=C(CCNC(=O)Oc1ccccc1)NC1CCCCCCC1. The Morgan fingerprint density at radius 1 is 1.00 bits per heavy atom. The molecule has 0 atom stereocenters. The maximum Gasteiger partial charge on any atom is 0.412 e. The number of ether oxygens (including phenoxy) is 1. The van der Waals surface area contributed by atoms with Crippen molar-refractivity contribution in [1.29, 1.82) is 0 Å². The molecular formula is C18H26N2O3. The summed E-state index contributed by atoms with van der Waals surface area (Å²) in [6.07, 6.45) is 8.09. The smallest absolute Gasteiger partial charge is 0.410 e. The molecule has 1 fully saturated rings. The minimum atomic E-state index is -0.532. The molecule has 1 aliphatic carbocycles. The summed E-state index contributed by atoms with van der Waals surface area (Å²) in [6.45, 7) is 0.282. The third kappa shape index (κ3) is 7.17. The summed E-state index contributed by atoms with van der Waals surface area (Å²) in [6, 6.07) is 9.15. The van der Waals surface area contributed by atoms with Gasteiger partial charge in [-0.25, -0.2) is 4.79 Å². The average molecular weight is 318 g/mol. The maximum atomic E-state index is 11.9. The van der Waals surface area contributed by atoms with Crippen molar-refractivity contribution < 1.29 is 14.3 Å². The van der Waals surface area contributed by atoms with Crippen molar-refractivity contribution in [1.82, 2.24) is 10.6 Å². The zero-order valence-corrected chi connectivity index (χ0v) is 13.6. The zero-order chi connectivity index (χ0) is 16.3. The zero-order valence-electron chi connectivity index (χ0n) is 13.6. The van der Waals surface area contributed by atoms with Crippen molar-refractivity contribution in [2.45, 2.75) is 57.4 Å². The largest absolute Gasteiger partial charge is 0.412 e. The van der Waals surface area contributed by atoms with Crippen molar-refractivity contribution in [2.24, 2.45) is 0 Å². The minimum Gasteiger partial charge on any atom is -0.410 e. The highest BCUT2D eigenvalue weighted by molar-refractivity contribution is 5.77. The summed E-state index contributed by atoms with van der Waals surface area (Å²) >= 11 is 0. The number of amides is 2. The van der Waals surface area contributed by atoms with Gasteiger partial charge < -0.3 is 15.4 Å². The van der Waals surface area contributed by atoms with E-state index in [1.54, 1.807) is 24.3 Å². The topological polar surface area (TPSA) is 67.4 Å². The second-order valence-electron chi connectivity index (χ2n) is 5.99. The minimum absolute atomic E-state index is 0.00409. The lowest BCUT2D eigenvalue weighted by atomic mass is 9.96. The fourth-order valence-electron chi connectivity index (χ4n) is 2.81. The number of para-hydroxylation sites is 1. The van der Waals surface area contributed by atoms with Gasteiger partial charge in [0.1, 0.15) is 5.75 Å². The molecule has 1 aliphatic rings. The number of hydrogen-bond donors (Lipinski definition) is 2. The normalized spacial score (nSPS) is 16.0. The lowest BCUT2D eigenvalue weighted by Crippen LogP contribution is -2.37. The van der Waals surface area contributed by atoms with Crippen LogP contribution < -0.4 is 15.4 Å². The molecule has 0 spiro atoms. The lowest BCUT2D eigenvalue weighted by Gasteiger charge is -2.21. The number of carbonyl (C=O) groups excluding carboxylic acids is 2. The molecule has 0 heterocycles. The van der Waals surface area contributed by atoms with Gasteiger partial charge in [0.15, 0.2) is 0 Å². The molecule has 23 heavy (non-hydrogen) atoms. The molecule has 1 saturated carbocycles. The standard InChI is InChI=1S/C18H26N2O3/c21-17(20-15-9-5-2-1-3-6-10-15)13-14-19-18(22)23-16-11-7-4-8-12-16/h4,7-8,11-12,15H,1-3,5-6,9-10,13-14H2,(H,19,22)(H,20,21). The van der Waals surface area contributed by atoms with Gasteiger partial charge >= 0.3 is 6.09 Å². The second-order valence-corrected chi connectivity index (χ2v) is 5.99.